The highest BCUT2D eigenvalue weighted by Gasteiger charge is 2.39. The first-order valence-electron chi connectivity index (χ1n) is 10.7. The van der Waals surface area contributed by atoms with Crippen molar-refractivity contribution >= 4 is 35.1 Å². The van der Waals surface area contributed by atoms with Crippen LogP contribution >= 0.6 is 11.6 Å². The first-order valence-corrected chi connectivity index (χ1v) is 11.1. The lowest BCUT2D eigenvalue weighted by Gasteiger charge is -2.35. The molecule has 0 aliphatic carbocycles. The fraction of sp³-hybridized carbons (Fsp3) is 0.375. The predicted molar refractivity (Wildman–Crippen MR) is 127 cm³/mol. The molecular weight excluding hydrogens is 446 g/mol. The van der Waals surface area contributed by atoms with Crippen molar-refractivity contribution in [3.8, 4) is 5.75 Å². The summed E-state index contributed by atoms with van der Waals surface area (Å²) < 4.78 is 5.53. The van der Waals surface area contributed by atoms with E-state index in [-0.39, 0.29) is 37.7 Å². The third-order valence-electron chi connectivity index (χ3n) is 4.76. The van der Waals surface area contributed by atoms with Crippen molar-refractivity contribution in [3.05, 3.63) is 59.1 Å². The zero-order valence-electron chi connectivity index (χ0n) is 18.8. The highest BCUT2D eigenvalue weighted by Crippen LogP contribution is 2.24. The molecule has 0 saturated heterocycles. The van der Waals surface area contributed by atoms with Crippen molar-refractivity contribution in [2.45, 2.75) is 45.2 Å². The van der Waals surface area contributed by atoms with Crippen LogP contribution in [0.1, 0.15) is 38.7 Å². The van der Waals surface area contributed by atoms with E-state index in [1.165, 1.54) is 0 Å². The van der Waals surface area contributed by atoms with E-state index in [1.807, 2.05) is 13.8 Å². The molecule has 1 atom stereocenters. The predicted octanol–water partition coefficient (Wildman–Crippen LogP) is 3.58. The van der Waals surface area contributed by atoms with Crippen LogP contribution in [-0.2, 0) is 20.8 Å². The molecule has 1 unspecified atom stereocenters. The smallest absolute Gasteiger partial charge is 0.303 e. The number of carbonyl (C=O) groups is 3. The summed E-state index contributed by atoms with van der Waals surface area (Å²) in [6.07, 6.45) is 0.744. The summed E-state index contributed by atoms with van der Waals surface area (Å²) in [5.41, 5.74) is 5.55. The fourth-order valence-corrected chi connectivity index (χ4v) is 3.59. The molecule has 0 aliphatic heterocycles. The molecule has 0 aromatic heterocycles. The number of primary amides is 1. The van der Waals surface area contributed by atoms with Gasteiger partial charge in [0.2, 0.25) is 5.91 Å². The van der Waals surface area contributed by atoms with E-state index in [1.54, 1.807) is 48.5 Å². The number of halogens is 1. The highest BCUT2D eigenvalue weighted by atomic mass is 35.5. The van der Waals surface area contributed by atoms with Crippen molar-refractivity contribution in [2.24, 2.45) is 11.7 Å². The molecule has 0 saturated carbocycles. The molecule has 0 spiro atoms. The van der Waals surface area contributed by atoms with E-state index in [2.05, 4.69) is 10.6 Å². The van der Waals surface area contributed by atoms with Gasteiger partial charge in [-0.1, -0.05) is 37.6 Å². The number of ether oxygens (including phenoxy) is 1. The minimum Gasteiger partial charge on any atom is -0.494 e. The Kier molecular flexibility index (Phi) is 9.54. The summed E-state index contributed by atoms with van der Waals surface area (Å²) in [6, 6.07) is 13.7. The Morgan fingerprint density at radius 2 is 1.85 bits per heavy atom. The molecule has 2 aromatic rings. The van der Waals surface area contributed by atoms with Crippen LogP contribution in [-0.4, -0.2) is 35.2 Å². The molecule has 33 heavy (non-hydrogen) atoms. The second-order valence-corrected chi connectivity index (χ2v) is 8.65. The maximum absolute atomic E-state index is 12.8. The molecule has 0 heterocycles. The van der Waals surface area contributed by atoms with Gasteiger partial charge in [0.15, 0.2) is 5.66 Å². The third-order valence-corrected chi connectivity index (χ3v) is 4.99. The van der Waals surface area contributed by atoms with Gasteiger partial charge in [0.1, 0.15) is 5.75 Å². The Morgan fingerprint density at radius 3 is 2.42 bits per heavy atom. The molecule has 0 radical (unpaired) electrons. The summed E-state index contributed by atoms with van der Waals surface area (Å²) in [4.78, 5) is 35.9. The number of amides is 2. The number of hydrogen-bond donors (Lipinski definition) is 4. The molecule has 5 N–H and O–H groups in total. The number of nitrogens with two attached hydrogens (primary N) is 1. The molecule has 2 amide bonds. The number of carboxylic acids is 1. The standard InChI is InChI=1S/C24H30ClN3O5/c1-16(2)15-24(23(26)32,28-21(29)14-17-5-3-6-18(25)13-17)27-19-8-10-20(11-9-19)33-12-4-7-22(30)31/h3,5-6,8-11,13,16,27H,4,7,12,14-15H2,1-2H3,(H2,26,32)(H,28,29)(H,30,31). The largest absolute Gasteiger partial charge is 0.494 e. The van der Waals surface area contributed by atoms with E-state index < -0.39 is 17.5 Å². The normalized spacial score (nSPS) is 12.6. The van der Waals surface area contributed by atoms with Crippen molar-refractivity contribution in [1.29, 1.82) is 0 Å². The summed E-state index contributed by atoms with van der Waals surface area (Å²) in [7, 11) is 0. The number of aliphatic carboxylic acids is 1. The molecule has 178 valence electrons. The van der Waals surface area contributed by atoms with Crippen LogP contribution in [0.25, 0.3) is 0 Å². The van der Waals surface area contributed by atoms with Gasteiger partial charge in [-0.05, 0) is 54.3 Å². The van der Waals surface area contributed by atoms with Crippen LogP contribution in [0.2, 0.25) is 5.02 Å². The first kappa shape index (κ1) is 26.0. The lowest BCUT2D eigenvalue weighted by molar-refractivity contribution is -0.137. The van der Waals surface area contributed by atoms with E-state index in [0.29, 0.717) is 28.4 Å². The molecule has 0 bridgehead atoms. The molecule has 0 aliphatic rings. The zero-order chi connectivity index (χ0) is 24.4. The Hall–Kier alpha value is -3.26. The lowest BCUT2D eigenvalue weighted by atomic mass is 9.95. The SMILES string of the molecule is CC(C)CC(NC(=O)Cc1cccc(Cl)c1)(Nc1ccc(OCCCC(=O)O)cc1)C(N)=O. The second-order valence-electron chi connectivity index (χ2n) is 8.22. The fourth-order valence-electron chi connectivity index (χ4n) is 3.38. The highest BCUT2D eigenvalue weighted by molar-refractivity contribution is 6.30. The van der Waals surface area contributed by atoms with Gasteiger partial charge in [-0.15, -0.1) is 0 Å². The summed E-state index contributed by atoms with van der Waals surface area (Å²) >= 11 is 6.00. The van der Waals surface area contributed by atoms with Gasteiger partial charge in [0.25, 0.3) is 5.91 Å². The van der Waals surface area contributed by atoms with Gasteiger partial charge >= 0.3 is 5.97 Å². The maximum atomic E-state index is 12.8. The van der Waals surface area contributed by atoms with Gasteiger partial charge in [-0.25, -0.2) is 0 Å². The number of anilines is 1. The monoisotopic (exact) mass is 475 g/mol. The number of hydrogen-bond acceptors (Lipinski definition) is 5. The number of benzene rings is 2. The van der Waals surface area contributed by atoms with E-state index in [9.17, 15) is 14.4 Å². The molecular formula is C24H30ClN3O5. The minimum absolute atomic E-state index is 0.0326. The number of nitrogens with one attached hydrogen (secondary N) is 2. The van der Waals surface area contributed by atoms with Gasteiger partial charge < -0.3 is 26.2 Å². The van der Waals surface area contributed by atoms with Crippen LogP contribution in [0.15, 0.2) is 48.5 Å². The third kappa shape index (κ3) is 8.65. The van der Waals surface area contributed by atoms with Gasteiger partial charge in [-0.3, -0.25) is 14.4 Å². The average Bonchev–Trinajstić information content (AvgIpc) is 2.71. The van der Waals surface area contributed by atoms with Crippen molar-refractivity contribution in [3.63, 3.8) is 0 Å². The van der Waals surface area contributed by atoms with Crippen LogP contribution in [0.5, 0.6) is 5.75 Å². The zero-order valence-corrected chi connectivity index (χ0v) is 19.5. The molecule has 2 rings (SSSR count). The Balaban J connectivity index is 2.13. The molecule has 8 nitrogen and oxygen atoms in total. The van der Waals surface area contributed by atoms with Gasteiger partial charge in [0, 0.05) is 23.6 Å². The van der Waals surface area contributed by atoms with E-state index in [0.717, 1.165) is 0 Å². The number of carboxylic acid groups (broad SMARTS) is 1. The summed E-state index contributed by atoms with van der Waals surface area (Å²) in [5.74, 6) is -1.34. The summed E-state index contributed by atoms with van der Waals surface area (Å²) in [5, 5.41) is 15.1. The lowest BCUT2D eigenvalue weighted by Crippen LogP contribution is -2.63. The van der Waals surface area contributed by atoms with E-state index >= 15 is 0 Å². The first-order chi connectivity index (χ1) is 15.6. The van der Waals surface area contributed by atoms with E-state index in [4.69, 9.17) is 27.2 Å². The Morgan fingerprint density at radius 1 is 1.15 bits per heavy atom. The maximum Gasteiger partial charge on any atom is 0.303 e. The van der Waals surface area contributed by atoms with Gasteiger partial charge in [0.05, 0.1) is 13.0 Å². The van der Waals surface area contributed by atoms with Crippen molar-refractivity contribution < 1.29 is 24.2 Å². The minimum atomic E-state index is -1.49. The van der Waals surface area contributed by atoms with Crippen LogP contribution in [0, 0.1) is 5.92 Å². The van der Waals surface area contributed by atoms with Crippen molar-refractivity contribution in [2.75, 3.05) is 11.9 Å². The number of carbonyl (C=O) groups excluding carboxylic acids is 2. The molecule has 2 aromatic carbocycles. The molecule has 0 fully saturated rings. The summed E-state index contributed by atoms with van der Waals surface area (Å²) in [6.45, 7) is 4.13. The quantitative estimate of drug-likeness (QED) is 0.258. The van der Waals surface area contributed by atoms with Crippen LogP contribution < -0.4 is 21.1 Å². The van der Waals surface area contributed by atoms with Crippen molar-refractivity contribution in [1.82, 2.24) is 5.32 Å². The van der Waals surface area contributed by atoms with Crippen LogP contribution in [0.4, 0.5) is 5.69 Å². The van der Waals surface area contributed by atoms with Gasteiger partial charge in [-0.2, -0.15) is 0 Å². The Bertz CT molecular complexity index is 965. The molecule has 9 heteroatoms. The second kappa shape index (κ2) is 12.1. The van der Waals surface area contributed by atoms with Crippen LogP contribution in [0.3, 0.4) is 0 Å². The topological polar surface area (TPSA) is 131 Å². The average molecular weight is 476 g/mol. The Labute approximate surface area is 198 Å². The number of rotatable bonds is 13.